The van der Waals surface area contributed by atoms with E-state index in [4.69, 9.17) is 4.74 Å². The van der Waals surface area contributed by atoms with Crippen LogP contribution >= 0.6 is 0 Å². The van der Waals surface area contributed by atoms with E-state index in [1.54, 1.807) is 33.1 Å². The normalized spacial score (nSPS) is 11.9. The van der Waals surface area contributed by atoms with Crippen LogP contribution in [0.1, 0.15) is 37.8 Å². The molecule has 0 aliphatic rings. The van der Waals surface area contributed by atoms with E-state index in [0.717, 1.165) is 11.3 Å². The van der Waals surface area contributed by atoms with Crippen LogP contribution in [0.5, 0.6) is 5.75 Å². The van der Waals surface area contributed by atoms with Crippen molar-refractivity contribution in [1.82, 2.24) is 4.72 Å². The summed E-state index contributed by atoms with van der Waals surface area (Å²) in [5.41, 5.74) is 1.59. The lowest BCUT2D eigenvalue weighted by Crippen LogP contribution is -2.24. The van der Waals surface area contributed by atoms with Crippen molar-refractivity contribution in [3.8, 4) is 5.75 Å². The van der Waals surface area contributed by atoms with Crippen LogP contribution in [-0.4, -0.2) is 22.1 Å². The third kappa shape index (κ3) is 3.03. The summed E-state index contributed by atoms with van der Waals surface area (Å²) >= 11 is 0. The Morgan fingerprint density at radius 3 is 2.39 bits per heavy atom. The summed E-state index contributed by atoms with van der Waals surface area (Å²) in [6, 6.07) is 3.48. The fourth-order valence-electron chi connectivity index (χ4n) is 1.86. The van der Waals surface area contributed by atoms with Gasteiger partial charge in [-0.05, 0) is 36.1 Å². The van der Waals surface area contributed by atoms with Crippen LogP contribution in [0, 0.1) is 6.92 Å². The zero-order valence-corrected chi connectivity index (χ0v) is 12.4. The molecule has 0 bridgehead atoms. The fourth-order valence-corrected chi connectivity index (χ4v) is 3.16. The molecule has 0 atom stereocenters. The van der Waals surface area contributed by atoms with Gasteiger partial charge in [0, 0.05) is 6.54 Å². The molecule has 0 spiro atoms. The number of hydrogen-bond acceptors (Lipinski definition) is 3. The smallest absolute Gasteiger partial charge is 0.240 e. The second kappa shape index (κ2) is 5.71. The quantitative estimate of drug-likeness (QED) is 0.895. The molecule has 0 heterocycles. The first-order valence-electron chi connectivity index (χ1n) is 6.01. The van der Waals surface area contributed by atoms with E-state index in [0.29, 0.717) is 17.0 Å². The molecule has 1 N–H and O–H groups in total. The van der Waals surface area contributed by atoms with Gasteiger partial charge in [0.2, 0.25) is 10.0 Å². The Hall–Kier alpha value is -1.07. The van der Waals surface area contributed by atoms with Crippen LogP contribution in [0.25, 0.3) is 0 Å². The lowest BCUT2D eigenvalue weighted by Gasteiger charge is -2.16. The van der Waals surface area contributed by atoms with Gasteiger partial charge in [0.25, 0.3) is 0 Å². The van der Waals surface area contributed by atoms with E-state index >= 15 is 0 Å². The van der Waals surface area contributed by atoms with Crippen LogP contribution < -0.4 is 9.46 Å². The Morgan fingerprint density at radius 2 is 1.94 bits per heavy atom. The average molecular weight is 271 g/mol. The molecule has 0 radical (unpaired) electrons. The van der Waals surface area contributed by atoms with Crippen LogP contribution in [-0.2, 0) is 10.0 Å². The van der Waals surface area contributed by atoms with E-state index in [-0.39, 0.29) is 5.92 Å². The molecule has 1 rings (SSSR count). The molecule has 0 saturated heterocycles. The molecule has 102 valence electrons. The maximum absolute atomic E-state index is 12.1. The van der Waals surface area contributed by atoms with Crippen molar-refractivity contribution in [1.29, 1.82) is 0 Å². The summed E-state index contributed by atoms with van der Waals surface area (Å²) in [6.07, 6.45) is 0. The van der Waals surface area contributed by atoms with Gasteiger partial charge < -0.3 is 4.74 Å². The van der Waals surface area contributed by atoms with Gasteiger partial charge >= 0.3 is 0 Å². The number of ether oxygens (including phenoxy) is 1. The van der Waals surface area contributed by atoms with Crippen molar-refractivity contribution >= 4 is 10.0 Å². The van der Waals surface area contributed by atoms with Crippen molar-refractivity contribution < 1.29 is 13.2 Å². The molecule has 0 unspecified atom stereocenters. The van der Waals surface area contributed by atoms with Gasteiger partial charge in [-0.15, -0.1) is 0 Å². The van der Waals surface area contributed by atoms with Crippen LogP contribution in [0.4, 0.5) is 0 Å². The third-order valence-electron chi connectivity index (χ3n) is 2.77. The minimum absolute atomic E-state index is 0.205. The highest BCUT2D eigenvalue weighted by Crippen LogP contribution is 2.31. The summed E-state index contributed by atoms with van der Waals surface area (Å²) in [7, 11) is -1.83. The lowest BCUT2D eigenvalue weighted by atomic mass is 10.0. The minimum atomic E-state index is -3.43. The van der Waals surface area contributed by atoms with Gasteiger partial charge in [0.05, 0.1) is 12.0 Å². The molecule has 0 amide bonds. The Balaban J connectivity index is 3.43. The van der Waals surface area contributed by atoms with Crippen LogP contribution in [0.2, 0.25) is 0 Å². The zero-order valence-electron chi connectivity index (χ0n) is 11.6. The van der Waals surface area contributed by atoms with E-state index in [9.17, 15) is 8.42 Å². The van der Waals surface area contributed by atoms with Crippen molar-refractivity contribution in [2.24, 2.45) is 0 Å². The number of nitrogens with one attached hydrogen (secondary N) is 1. The predicted molar refractivity (Wildman–Crippen MR) is 72.7 cm³/mol. The van der Waals surface area contributed by atoms with E-state index < -0.39 is 10.0 Å². The van der Waals surface area contributed by atoms with Crippen LogP contribution in [0.15, 0.2) is 17.0 Å². The Morgan fingerprint density at radius 1 is 1.33 bits per heavy atom. The molecule has 4 nitrogen and oxygen atoms in total. The first-order chi connectivity index (χ1) is 8.33. The first kappa shape index (κ1) is 15.0. The van der Waals surface area contributed by atoms with Crippen molar-refractivity contribution in [3.63, 3.8) is 0 Å². The number of rotatable bonds is 5. The van der Waals surface area contributed by atoms with Crippen LogP contribution in [0.3, 0.4) is 0 Å². The highest BCUT2D eigenvalue weighted by molar-refractivity contribution is 7.89. The zero-order chi connectivity index (χ0) is 13.9. The molecule has 0 fully saturated rings. The monoisotopic (exact) mass is 271 g/mol. The molecular formula is C13H21NO3S. The average Bonchev–Trinajstić information content (AvgIpc) is 2.27. The second-order valence-corrected chi connectivity index (χ2v) is 6.25. The summed E-state index contributed by atoms with van der Waals surface area (Å²) in [5.74, 6) is 0.939. The molecule has 18 heavy (non-hydrogen) atoms. The Bertz CT molecular complexity index is 521. The number of benzene rings is 1. The molecule has 0 saturated carbocycles. The first-order valence-corrected chi connectivity index (χ1v) is 7.50. The number of methoxy groups -OCH3 is 1. The molecule has 0 aromatic heterocycles. The maximum atomic E-state index is 12.1. The van der Waals surface area contributed by atoms with Crippen molar-refractivity contribution in [3.05, 3.63) is 23.3 Å². The van der Waals surface area contributed by atoms with Gasteiger partial charge in [-0.25, -0.2) is 13.1 Å². The predicted octanol–water partition coefficient (Wildman–Crippen LogP) is 2.43. The van der Waals surface area contributed by atoms with Gasteiger partial charge in [0.1, 0.15) is 5.75 Å². The largest absolute Gasteiger partial charge is 0.496 e. The standard InChI is InChI=1S/C13H21NO3S/c1-6-14-18(15,16)13-8-11(9(2)3)12(17-5)7-10(13)4/h7-9,14H,6H2,1-5H3. The topological polar surface area (TPSA) is 55.4 Å². The third-order valence-corrected chi connectivity index (χ3v) is 4.46. The van der Waals surface area contributed by atoms with Gasteiger partial charge in [-0.3, -0.25) is 0 Å². The van der Waals surface area contributed by atoms with Gasteiger partial charge in [0.15, 0.2) is 0 Å². The summed E-state index contributed by atoms with van der Waals surface area (Å²) < 4.78 is 32.0. The number of hydrogen-bond donors (Lipinski definition) is 1. The van der Waals surface area contributed by atoms with E-state index in [1.165, 1.54) is 0 Å². The maximum Gasteiger partial charge on any atom is 0.240 e. The summed E-state index contributed by atoms with van der Waals surface area (Å²) in [6.45, 7) is 7.94. The minimum Gasteiger partial charge on any atom is -0.496 e. The molecule has 0 aliphatic carbocycles. The Kier molecular flexibility index (Phi) is 4.76. The Labute approximate surface area is 109 Å². The van der Waals surface area contributed by atoms with E-state index in [2.05, 4.69) is 4.72 Å². The number of sulfonamides is 1. The summed E-state index contributed by atoms with van der Waals surface area (Å²) in [5, 5.41) is 0. The summed E-state index contributed by atoms with van der Waals surface area (Å²) in [4.78, 5) is 0.328. The molecule has 5 heteroatoms. The van der Waals surface area contributed by atoms with Gasteiger partial charge in [-0.1, -0.05) is 20.8 Å². The molecule has 1 aromatic carbocycles. The van der Waals surface area contributed by atoms with Crippen molar-refractivity contribution in [2.45, 2.75) is 38.5 Å². The molecular weight excluding hydrogens is 250 g/mol. The molecule has 1 aromatic rings. The van der Waals surface area contributed by atoms with Crippen molar-refractivity contribution in [2.75, 3.05) is 13.7 Å². The fraction of sp³-hybridized carbons (Fsp3) is 0.538. The lowest BCUT2D eigenvalue weighted by molar-refractivity contribution is 0.406. The van der Waals surface area contributed by atoms with E-state index in [1.807, 2.05) is 13.8 Å². The highest BCUT2D eigenvalue weighted by Gasteiger charge is 2.19. The second-order valence-electron chi connectivity index (χ2n) is 4.52. The molecule has 0 aliphatic heterocycles. The highest BCUT2D eigenvalue weighted by atomic mass is 32.2. The number of aryl methyl sites for hydroxylation is 1. The SMILES string of the molecule is CCNS(=O)(=O)c1cc(C(C)C)c(OC)cc1C. The van der Waals surface area contributed by atoms with Gasteiger partial charge in [-0.2, -0.15) is 0 Å².